The number of aryl methyl sites for hydroxylation is 3. The van der Waals surface area contributed by atoms with Gasteiger partial charge in [0.05, 0.1) is 0 Å². The number of nitrogens with one attached hydrogen (secondary N) is 1. The van der Waals surface area contributed by atoms with Crippen LogP contribution in [0.5, 0.6) is 0 Å². The monoisotopic (exact) mass is 265 g/mol. The number of benzene rings is 2. The van der Waals surface area contributed by atoms with Gasteiger partial charge >= 0.3 is 0 Å². The van der Waals surface area contributed by atoms with Gasteiger partial charge in [-0.1, -0.05) is 30.3 Å². The zero-order chi connectivity index (χ0) is 14.3. The van der Waals surface area contributed by atoms with Crippen molar-refractivity contribution in [1.29, 1.82) is 0 Å². The Balaban J connectivity index is 2.17. The van der Waals surface area contributed by atoms with Gasteiger partial charge < -0.3 is 5.32 Å². The molecule has 1 heteroatoms. The van der Waals surface area contributed by atoms with Crippen molar-refractivity contribution in [2.45, 2.75) is 39.7 Å². The smallest absolute Gasteiger partial charge is 0.0323 e. The van der Waals surface area contributed by atoms with Crippen LogP contribution in [0.1, 0.15) is 40.3 Å². The van der Waals surface area contributed by atoms with Gasteiger partial charge in [-0.2, -0.15) is 0 Å². The van der Waals surface area contributed by atoms with E-state index in [1.807, 2.05) is 0 Å². The van der Waals surface area contributed by atoms with Crippen LogP contribution in [-0.4, -0.2) is 7.05 Å². The van der Waals surface area contributed by atoms with Crippen LogP contribution in [0.4, 0.5) is 0 Å². The Hall–Kier alpha value is -1.60. The van der Waals surface area contributed by atoms with Gasteiger partial charge in [-0.3, -0.25) is 0 Å². The van der Waals surface area contributed by atoms with E-state index in [9.17, 15) is 0 Å². The normalized spacial score (nSPS) is 17.3. The minimum Gasteiger partial charge on any atom is -0.313 e. The molecule has 0 aliphatic heterocycles. The van der Waals surface area contributed by atoms with Crippen LogP contribution < -0.4 is 5.32 Å². The van der Waals surface area contributed by atoms with Gasteiger partial charge in [-0.05, 0) is 79.6 Å². The van der Waals surface area contributed by atoms with Crippen molar-refractivity contribution in [3.8, 4) is 11.1 Å². The van der Waals surface area contributed by atoms with E-state index < -0.39 is 0 Å². The topological polar surface area (TPSA) is 12.0 Å². The molecule has 0 amide bonds. The van der Waals surface area contributed by atoms with Gasteiger partial charge in [0.25, 0.3) is 0 Å². The molecule has 0 heterocycles. The lowest BCUT2D eigenvalue weighted by Gasteiger charge is -2.15. The Morgan fingerprint density at radius 3 is 2.45 bits per heavy atom. The third-order valence-corrected chi connectivity index (χ3v) is 4.75. The van der Waals surface area contributed by atoms with Gasteiger partial charge in [0, 0.05) is 6.04 Å². The fraction of sp³-hybridized carbons (Fsp3) is 0.368. The number of hydrogen-bond donors (Lipinski definition) is 1. The Morgan fingerprint density at radius 1 is 0.950 bits per heavy atom. The molecule has 0 fully saturated rings. The van der Waals surface area contributed by atoms with Crippen molar-refractivity contribution in [1.82, 2.24) is 5.32 Å². The average molecular weight is 265 g/mol. The molecule has 104 valence electrons. The summed E-state index contributed by atoms with van der Waals surface area (Å²) in [5.41, 5.74) is 10.0. The maximum atomic E-state index is 3.43. The van der Waals surface area contributed by atoms with E-state index in [1.54, 1.807) is 5.56 Å². The van der Waals surface area contributed by atoms with E-state index in [0.717, 1.165) is 0 Å². The van der Waals surface area contributed by atoms with E-state index >= 15 is 0 Å². The van der Waals surface area contributed by atoms with Gasteiger partial charge in [-0.15, -0.1) is 0 Å². The first-order chi connectivity index (χ1) is 9.61. The average Bonchev–Trinajstić information content (AvgIpc) is 2.86. The molecule has 1 atom stereocenters. The lowest BCUT2D eigenvalue weighted by Crippen LogP contribution is -2.12. The summed E-state index contributed by atoms with van der Waals surface area (Å²) in [5.74, 6) is 0. The van der Waals surface area contributed by atoms with E-state index in [4.69, 9.17) is 0 Å². The maximum absolute atomic E-state index is 3.43. The summed E-state index contributed by atoms with van der Waals surface area (Å²) in [6.07, 6.45) is 2.40. The minimum absolute atomic E-state index is 0.525. The zero-order valence-electron chi connectivity index (χ0n) is 12.9. The Labute approximate surface area is 122 Å². The third kappa shape index (κ3) is 2.06. The lowest BCUT2D eigenvalue weighted by atomic mass is 9.91. The molecular weight excluding hydrogens is 242 g/mol. The van der Waals surface area contributed by atoms with Gasteiger partial charge in [-0.25, -0.2) is 0 Å². The second-order valence-electron chi connectivity index (χ2n) is 6.00. The fourth-order valence-electron chi connectivity index (χ4n) is 3.46. The van der Waals surface area contributed by atoms with E-state index in [2.05, 4.69) is 63.5 Å². The van der Waals surface area contributed by atoms with Crippen LogP contribution >= 0.6 is 0 Å². The molecule has 1 unspecified atom stereocenters. The first-order valence-electron chi connectivity index (χ1n) is 7.49. The molecule has 0 aromatic heterocycles. The maximum Gasteiger partial charge on any atom is 0.0323 e. The fourth-order valence-corrected chi connectivity index (χ4v) is 3.46. The van der Waals surface area contributed by atoms with Crippen LogP contribution in [0.2, 0.25) is 0 Å². The predicted molar refractivity (Wildman–Crippen MR) is 86.2 cm³/mol. The van der Waals surface area contributed by atoms with Crippen LogP contribution in [0.25, 0.3) is 11.1 Å². The van der Waals surface area contributed by atoms with Crippen molar-refractivity contribution < 1.29 is 0 Å². The molecule has 2 aromatic rings. The standard InChI is InChI=1S/C19H23N/c1-12-10-14(3)18(11-13(12)2)15-6-5-7-17-16(15)8-9-19(17)20-4/h5-7,10-11,19-20H,8-9H2,1-4H3. The van der Waals surface area contributed by atoms with Gasteiger partial charge in [0.2, 0.25) is 0 Å². The van der Waals surface area contributed by atoms with Crippen LogP contribution in [0.3, 0.4) is 0 Å². The van der Waals surface area contributed by atoms with E-state index in [1.165, 1.54) is 46.2 Å². The molecule has 1 aliphatic carbocycles. The quantitative estimate of drug-likeness (QED) is 0.844. The summed E-state index contributed by atoms with van der Waals surface area (Å²) in [7, 11) is 2.06. The summed E-state index contributed by atoms with van der Waals surface area (Å²) in [6.45, 7) is 6.63. The molecule has 1 N–H and O–H groups in total. The molecule has 1 nitrogen and oxygen atoms in total. The Morgan fingerprint density at radius 2 is 1.70 bits per heavy atom. The SMILES string of the molecule is CNC1CCc2c(-c3cc(C)c(C)cc3C)cccc21. The van der Waals surface area contributed by atoms with Crippen molar-refractivity contribution in [3.05, 3.63) is 58.1 Å². The highest BCUT2D eigenvalue weighted by Crippen LogP contribution is 2.39. The van der Waals surface area contributed by atoms with Gasteiger partial charge in [0.1, 0.15) is 0 Å². The zero-order valence-corrected chi connectivity index (χ0v) is 12.9. The summed E-state index contributed by atoms with van der Waals surface area (Å²) in [5, 5.41) is 3.43. The molecule has 0 saturated carbocycles. The number of hydrogen-bond acceptors (Lipinski definition) is 1. The highest BCUT2D eigenvalue weighted by molar-refractivity contribution is 5.73. The van der Waals surface area contributed by atoms with Crippen molar-refractivity contribution >= 4 is 0 Å². The molecule has 0 saturated heterocycles. The molecule has 0 bridgehead atoms. The predicted octanol–water partition coefficient (Wildman–Crippen LogP) is 4.49. The second-order valence-corrected chi connectivity index (χ2v) is 6.00. The van der Waals surface area contributed by atoms with Crippen molar-refractivity contribution in [2.75, 3.05) is 7.05 Å². The van der Waals surface area contributed by atoms with Crippen molar-refractivity contribution in [3.63, 3.8) is 0 Å². The summed E-state index contributed by atoms with van der Waals surface area (Å²) < 4.78 is 0. The van der Waals surface area contributed by atoms with Crippen LogP contribution in [-0.2, 0) is 6.42 Å². The molecule has 0 spiro atoms. The first kappa shape index (κ1) is 13.4. The van der Waals surface area contributed by atoms with E-state index in [-0.39, 0.29) is 0 Å². The first-order valence-corrected chi connectivity index (χ1v) is 7.49. The highest BCUT2D eigenvalue weighted by atomic mass is 14.9. The van der Waals surface area contributed by atoms with Gasteiger partial charge in [0.15, 0.2) is 0 Å². The van der Waals surface area contributed by atoms with Crippen LogP contribution in [0.15, 0.2) is 30.3 Å². The largest absolute Gasteiger partial charge is 0.313 e. The number of fused-ring (bicyclic) bond motifs is 1. The minimum atomic E-state index is 0.525. The summed E-state index contributed by atoms with van der Waals surface area (Å²) >= 11 is 0. The molecule has 1 aliphatic rings. The van der Waals surface area contributed by atoms with Crippen LogP contribution in [0, 0.1) is 20.8 Å². The molecule has 2 aromatic carbocycles. The second kappa shape index (κ2) is 5.06. The Bertz CT molecular complexity index is 655. The molecular formula is C19H23N. The summed E-state index contributed by atoms with van der Waals surface area (Å²) in [6, 6.07) is 12.0. The van der Waals surface area contributed by atoms with Crippen molar-refractivity contribution in [2.24, 2.45) is 0 Å². The lowest BCUT2D eigenvalue weighted by molar-refractivity contribution is 0.590. The van der Waals surface area contributed by atoms with E-state index in [0.29, 0.717) is 6.04 Å². The Kier molecular flexibility index (Phi) is 3.39. The molecule has 0 radical (unpaired) electrons. The number of rotatable bonds is 2. The highest BCUT2D eigenvalue weighted by Gasteiger charge is 2.23. The molecule has 3 rings (SSSR count). The third-order valence-electron chi connectivity index (χ3n) is 4.75. The molecule has 20 heavy (non-hydrogen) atoms. The summed E-state index contributed by atoms with van der Waals surface area (Å²) in [4.78, 5) is 0.